The molecular weight excluding hydrogens is 217 g/mol. The zero-order chi connectivity index (χ0) is 12.8. The van der Waals surface area contributed by atoms with E-state index in [9.17, 15) is 9.18 Å². The molecule has 1 rings (SSSR count). The molecule has 0 aliphatic carbocycles. The molecule has 0 aliphatic rings. The van der Waals surface area contributed by atoms with E-state index in [1.165, 1.54) is 6.07 Å². The van der Waals surface area contributed by atoms with Crippen LogP contribution in [-0.2, 0) is 4.79 Å². The van der Waals surface area contributed by atoms with Gasteiger partial charge in [-0.25, -0.2) is 4.39 Å². The zero-order valence-corrected chi connectivity index (χ0v) is 10.7. The van der Waals surface area contributed by atoms with Gasteiger partial charge in [0.1, 0.15) is 5.82 Å². The van der Waals surface area contributed by atoms with Gasteiger partial charge in [-0.05, 0) is 30.5 Å². The first kappa shape index (κ1) is 13.7. The Morgan fingerprint density at radius 3 is 2.76 bits per heavy atom. The lowest BCUT2D eigenvalue weighted by atomic mass is 10.0. The molecular formula is C14H20FNO. The Morgan fingerprint density at radius 1 is 1.47 bits per heavy atom. The maximum atomic E-state index is 13.3. The Morgan fingerprint density at radius 2 is 2.18 bits per heavy atom. The molecule has 0 bridgehead atoms. The van der Waals surface area contributed by atoms with Crippen molar-refractivity contribution < 1.29 is 9.18 Å². The molecule has 0 spiro atoms. The molecule has 0 saturated heterocycles. The van der Waals surface area contributed by atoms with E-state index < -0.39 is 0 Å². The largest absolute Gasteiger partial charge is 0.326 e. The predicted molar refractivity (Wildman–Crippen MR) is 68.5 cm³/mol. The summed E-state index contributed by atoms with van der Waals surface area (Å²) >= 11 is 0. The molecule has 1 unspecified atom stereocenters. The summed E-state index contributed by atoms with van der Waals surface area (Å²) in [4.78, 5) is 11.7. The molecule has 17 heavy (non-hydrogen) atoms. The van der Waals surface area contributed by atoms with Crippen LogP contribution in [0.4, 0.5) is 10.1 Å². The number of amides is 1. The third kappa shape index (κ3) is 4.55. The number of carbonyl (C=O) groups excluding carboxylic acids is 1. The van der Waals surface area contributed by atoms with Crippen LogP contribution >= 0.6 is 0 Å². The van der Waals surface area contributed by atoms with Gasteiger partial charge in [-0.2, -0.15) is 0 Å². The second-order valence-electron chi connectivity index (χ2n) is 4.61. The first-order chi connectivity index (χ1) is 8.02. The van der Waals surface area contributed by atoms with Crippen LogP contribution in [0.3, 0.4) is 0 Å². The maximum Gasteiger partial charge on any atom is 0.224 e. The molecule has 0 radical (unpaired) electrons. The molecule has 0 heterocycles. The number of hydrogen-bond donors (Lipinski definition) is 1. The van der Waals surface area contributed by atoms with Gasteiger partial charge in [0, 0.05) is 12.1 Å². The van der Waals surface area contributed by atoms with Crippen molar-refractivity contribution in [1.29, 1.82) is 0 Å². The minimum atomic E-state index is -0.288. The normalized spacial score (nSPS) is 12.2. The van der Waals surface area contributed by atoms with Gasteiger partial charge in [-0.3, -0.25) is 4.79 Å². The molecule has 0 aromatic heterocycles. The highest BCUT2D eigenvalue weighted by molar-refractivity contribution is 5.90. The number of halogens is 1. The molecule has 94 valence electrons. The first-order valence-corrected chi connectivity index (χ1v) is 6.09. The van der Waals surface area contributed by atoms with Crippen LogP contribution in [-0.4, -0.2) is 5.91 Å². The molecule has 1 aromatic carbocycles. The van der Waals surface area contributed by atoms with Gasteiger partial charge < -0.3 is 5.32 Å². The van der Waals surface area contributed by atoms with E-state index in [2.05, 4.69) is 19.2 Å². The molecule has 1 atom stereocenters. The van der Waals surface area contributed by atoms with Crippen molar-refractivity contribution in [3.8, 4) is 0 Å². The Kier molecular flexibility index (Phi) is 5.13. The van der Waals surface area contributed by atoms with Crippen molar-refractivity contribution in [3.63, 3.8) is 0 Å². The van der Waals surface area contributed by atoms with Crippen LogP contribution in [0.1, 0.15) is 38.7 Å². The van der Waals surface area contributed by atoms with Gasteiger partial charge in [-0.15, -0.1) is 0 Å². The third-order valence-corrected chi connectivity index (χ3v) is 2.77. The van der Waals surface area contributed by atoms with E-state index >= 15 is 0 Å². The molecule has 0 saturated carbocycles. The molecule has 1 N–H and O–H groups in total. The minimum Gasteiger partial charge on any atom is -0.326 e. The topological polar surface area (TPSA) is 29.1 Å². The lowest BCUT2D eigenvalue weighted by Crippen LogP contribution is -2.15. The van der Waals surface area contributed by atoms with Crippen molar-refractivity contribution in [2.45, 2.75) is 40.0 Å². The van der Waals surface area contributed by atoms with Crippen molar-refractivity contribution in [3.05, 3.63) is 29.6 Å². The average molecular weight is 237 g/mol. The summed E-state index contributed by atoms with van der Waals surface area (Å²) in [5.41, 5.74) is 1.11. The van der Waals surface area contributed by atoms with E-state index in [4.69, 9.17) is 0 Å². The number of aryl methyl sites for hydroxylation is 1. The predicted octanol–water partition coefficient (Wildman–Crippen LogP) is 3.90. The summed E-state index contributed by atoms with van der Waals surface area (Å²) in [7, 11) is 0. The number of rotatable bonds is 5. The van der Waals surface area contributed by atoms with Gasteiger partial charge in [0.25, 0.3) is 0 Å². The van der Waals surface area contributed by atoms with Crippen LogP contribution in [0.5, 0.6) is 0 Å². The summed E-state index contributed by atoms with van der Waals surface area (Å²) in [6, 6.07) is 4.75. The van der Waals surface area contributed by atoms with E-state index in [0.29, 0.717) is 23.6 Å². The number of carbonyl (C=O) groups is 1. The van der Waals surface area contributed by atoms with Gasteiger partial charge in [0.2, 0.25) is 5.91 Å². The summed E-state index contributed by atoms with van der Waals surface area (Å²) in [5.74, 6) is 0.0360. The van der Waals surface area contributed by atoms with Gasteiger partial charge in [0.05, 0.1) is 0 Å². The number of hydrogen-bond acceptors (Lipinski definition) is 1. The number of nitrogens with one attached hydrogen (secondary N) is 1. The molecule has 0 fully saturated rings. The van der Waals surface area contributed by atoms with E-state index in [1.807, 2.05) is 0 Å². The second-order valence-corrected chi connectivity index (χ2v) is 4.61. The highest BCUT2D eigenvalue weighted by Crippen LogP contribution is 2.15. The van der Waals surface area contributed by atoms with Gasteiger partial charge >= 0.3 is 0 Å². The standard InChI is InChI=1S/C14H20FNO/c1-4-5-10(2)8-14(17)16-12-7-6-11(3)13(15)9-12/h6-7,9-10H,4-5,8H2,1-3H3,(H,16,17). The molecule has 0 aliphatic heterocycles. The Balaban J connectivity index is 2.53. The fourth-order valence-corrected chi connectivity index (χ4v) is 1.79. The summed E-state index contributed by atoms with van der Waals surface area (Å²) in [5, 5.41) is 2.72. The highest BCUT2D eigenvalue weighted by atomic mass is 19.1. The van der Waals surface area contributed by atoms with Crippen molar-refractivity contribution in [2.75, 3.05) is 5.32 Å². The van der Waals surface area contributed by atoms with Gasteiger partial charge in [0.15, 0.2) is 0 Å². The van der Waals surface area contributed by atoms with Crippen molar-refractivity contribution >= 4 is 11.6 Å². The smallest absolute Gasteiger partial charge is 0.224 e. The molecule has 2 nitrogen and oxygen atoms in total. The fourth-order valence-electron chi connectivity index (χ4n) is 1.79. The number of anilines is 1. The van der Waals surface area contributed by atoms with E-state index in [0.717, 1.165) is 12.8 Å². The van der Waals surface area contributed by atoms with E-state index in [-0.39, 0.29) is 11.7 Å². The van der Waals surface area contributed by atoms with Crippen LogP contribution < -0.4 is 5.32 Å². The van der Waals surface area contributed by atoms with Gasteiger partial charge in [-0.1, -0.05) is 32.8 Å². The number of benzene rings is 1. The maximum absolute atomic E-state index is 13.3. The van der Waals surface area contributed by atoms with Crippen LogP contribution in [0.25, 0.3) is 0 Å². The lowest BCUT2D eigenvalue weighted by Gasteiger charge is -2.10. The zero-order valence-electron chi connectivity index (χ0n) is 10.7. The summed E-state index contributed by atoms with van der Waals surface area (Å²) in [6.07, 6.45) is 2.60. The lowest BCUT2D eigenvalue weighted by molar-refractivity contribution is -0.117. The van der Waals surface area contributed by atoms with Crippen LogP contribution in [0.2, 0.25) is 0 Å². The highest BCUT2D eigenvalue weighted by Gasteiger charge is 2.09. The molecule has 1 aromatic rings. The fraction of sp³-hybridized carbons (Fsp3) is 0.500. The monoisotopic (exact) mass is 237 g/mol. The van der Waals surface area contributed by atoms with Crippen molar-refractivity contribution in [1.82, 2.24) is 0 Å². The van der Waals surface area contributed by atoms with Crippen molar-refractivity contribution in [2.24, 2.45) is 5.92 Å². The SMILES string of the molecule is CCCC(C)CC(=O)Nc1ccc(C)c(F)c1. The quantitative estimate of drug-likeness (QED) is 0.826. The Hall–Kier alpha value is -1.38. The average Bonchev–Trinajstić information content (AvgIpc) is 2.23. The Bertz CT molecular complexity index is 390. The Labute approximate surface area is 102 Å². The third-order valence-electron chi connectivity index (χ3n) is 2.77. The first-order valence-electron chi connectivity index (χ1n) is 6.09. The molecule has 1 amide bonds. The molecule has 3 heteroatoms. The summed E-state index contributed by atoms with van der Waals surface area (Å²) < 4.78 is 13.3. The second kappa shape index (κ2) is 6.38. The summed E-state index contributed by atoms with van der Waals surface area (Å²) in [6.45, 7) is 5.85. The van der Waals surface area contributed by atoms with Crippen LogP contribution in [0, 0.1) is 18.7 Å². The van der Waals surface area contributed by atoms with E-state index in [1.54, 1.807) is 19.1 Å². The van der Waals surface area contributed by atoms with Crippen LogP contribution in [0.15, 0.2) is 18.2 Å². The minimum absolute atomic E-state index is 0.0470.